The first-order chi connectivity index (χ1) is 9.58. The summed E-state index contributed by atoms with van der Waals surface area (Å²) in [5, 5.41) is 13.3. The number of aliphatic hydroxyl groups is 1. The first kappa shape index (κ1) is 15.2. The van der Waals surface area contributed by atoms with Gasteiger partial charge in [0.05, 0.1) is 10.6 Å². The average Bonchev–Trinajstić information content (AvgIpc) is 2.48. The molecule has 0 radical (unpaired) electrons. The van der Waals surface area contributed by atoms with E-state index < -0.39 is 6.10 Å². The Kier molecular flexibility index (Phi) is 5.29. The van der Waals surface area contributed by atoms with Crippen LogP contribution in [0.3, 0.4) is 0 Å². The molecule has 0 spiro atoms. The smallest absolute Gasteiger partial charge is 0.137 e. The van der Waals surface area contributed by atoms with Gasteiger partial charge in [0.25, 0.3) is 0 Å². The van der Waals surface area contributed by atoms with Crippen molar-refractivity contribution in [2.24, 2.45) is 0 Å². The molecule has 4 heteroatoms. The van der Waals surface area contributed by atoms with Gasteiger partial charge in [-0.15, -0.1) is 0 Å². The zero-order valence-electron chi connectivity index (χ0n) is 11.2. The van der Waals surface area contributed by atoms with E-state index >= 15 is 0 Å². The van der Waals surface area contributed by atoms with E-state index in [0.717, 1.165) is 11.1 Å². The average molecular weight is 338 g/mol. The fourth-order valence-electron chi connectivity index (χ4n) is 1.98. The van der Waals surface area contributed by atoms with Crippen molar-refractivity contribution in [3.05, 3.63) is 69.9 Å². The molecule has 2 N–H and O–H groups in total. The van der Waals surface area contributed by atoms with Gasteiger partial charge in [-0.05, 0) is 46.1 Å². The second-order valence-corrected chi connectivity index (χ2v) is 5.58. The fraction of sp³-hybridized carbons (Fsp3) is 0.250. The predicted octanol–water partition coefficient (Wildman–Crippen LogP) is 3.97. The van der Waals surface area contributed by atoms with Crippen LogP contribution in [-0.4, -0.2) is 11.7 Å². The highest BCUT2D eigenvalue weighted by Gasteiger charge is 2.11. The Morgan fingerprint density at radius 1 is 1.15 bits per heavy atom. The van der Waals surface area contributed by atoms with Crippen LogP contribution in [0, 0.1) is 5.82 Å². The maximum atomic E-state index is 13.2. The van der Waals surface area contributed by atoms with E-state index in [-0.39, 0.29) is 11.9 Å². The Balaban J connectivity index is 1.95. The summed E-state index contributed by atoms with van der Waals surface area (Å²) in [6.07, 6.45) is -0.553. The molecule has 2 aromatic rings. The largest absolute Gasteiger partial charge is 0.387 e. The van der Waals surface area contributed by atoms with Gasteiger partial charge in [0.1, 0.15) is 5.82 Å². The van der Waals surface area contributed by atoms with Gasteiger partial charge in [-0.3, -0.25) is 0 Å². The molecule has 2 unspecified atom stereocenters. The molecule has 0 aliphatic carbocycles. The first-order valence-corrected chi connectivity index (χ1v) is 7.28. The summed E-state index contributed by atoms with van der Waals surface area (Å²) in [5.74, 6) is -0.273. The van der Waals surface area contributed by atoms with E-state index in [4.69, 9.17) is 0 Å². The maximum absolute atomic E-state index is 13.2. The summed E-state index contributed by atoms with van der Waals surface area (Å²) < 4.78 is 13.6. The first-order valence-electron chi connectivity index (χ1n) is 6.49. The molecular weight excluding hydrogens is 321 g/mol. The van der Waals surface area contributed by atoms with Crippen molar-refractivity contribution in [3.8, 4) is 0 Å². The third-order valence-corrected chi connectivity index (χ3v) is 3.85. The summed E-state index contributed by atoms with van der Waals surface area (Å²) in [6.45, 7) is 2.43. The monoisotopic (exact) mass is 337 g/mol. The zero-order chi connectivity index (χ0) is 14.5. The Hall–Kier alpha value is -1.23. The molecule has 106 valence electrons. The summed E-state index contributed by atoms with van der Waals surface area (Å²) in [6, 6.07) is 14.5. The Labute approximate surface area is 126 Å². The lowest BCUT2D eigenvalue weighted by Crippen LogP contribution is -2.24. The van der Waals surface area contributed by atoms with Gasteiger partial charge in [-0.25, -0.2) is 4.39 Å². The van der Waals surface area contributed by atoms with Crippen molar-refractivity contribution in [2.75, 3.05) is 6.54 Å². The Morgan fingerprint density at radius 2 is 1.85 bits per heavy atom. The topological polar surface area (TPSA) is 32.3 Å². The van der Waals surface area contributed by atoms with E-state index in [9.17, 15) is 9.50 Å². The molecule has 2 rings (SSSR count). The molecule has 0 aliphatic heterocycles. The minimum Gasteiger partial charge on any atom is -0.387 e. The van der Waals surface area contributed by atoms with Crippen LogP contribution in [0.5, 0.6) is 0 Å². The van der Waals surface area contributed by atoms with Crippen LogP contribution >= 0.6 is 15.9 Å². The fourth-order valence-corrected chi connectivity index (χ4v) is 2.38. The van der Waals surface area contributed by atoms with Crippen molar-refractivity contribution < 1.29 is 9.50 Å². The van der Waals surface area contributed by atoms with E-state index in [1.165, 1.54) is 6.07 Å². The van der Waals surface area contributed by atoms with Crippen LogP contribution in [-0.2, 0) is 0 Å². The van der Waals surface area contributed by atoms with Crippen molar-refractivity contribution in [1.29, 1.82) is 0 Å². The third kappa shape index (κ3) is 3.88. The highest BCUT2D eigenvalue weighted by molar-refractivity contribution is 9.10. The Morgan fingerprint density at radius 3 is 2.50 bits per heavy atom. The molecule has 0 fully saturated rings. The van der Waals surface area contributed by atoms with E-state index in [2.05, 4.69) is 21.2 Å². The lowest BCUT2D eigenvalue weighted by molar-refractivity contribution is 0.171. The molecule has 0 amide bonds. The quantitative estimate of drug-likeness (QED) is 0.865. The summed E-state index contributed by atoms with van der Waals surface area (Å²) in [7, 11) is 0. The van der Waals surface area contributed by atoms with Crippen LogP contribution in [0.2, 0.25) is 0 Å². The summed E-state index contributed by atoms with van der Waals surface area (Å²) in [4.78, 5) is 0. The van der Waals surface area contributed by atoms with Gasteiger partial charge in [0, 0.05) is 12.6 Å². The van der Waals surface area contributed by atoms with Gasteiger partial charge in [-0.2, -0.15) is 0 Å². The van der Waals surface area contributed by atoms with E-state index in [1.807, 2.05) is 37.3 Å². The lowest BCUT2D eigenvalue weighted by atomic mass is 10.1. The number of nitrogens with one attached hydrogen (secondary N) is 1. The Bertz CT molecular complexity index is 562. The van der Waals surface area contributed by atoms with Crippen LogP contribution < -0.4 is 5.32 Å². The summed E-state index contributed by atoms with van der Waals surface area (Å²) >= 11 is 3.18. The molecule has 2 atom stereocenters. The molecule has 0 saturated heterocycles. The number of benzene rings is 2. The second kappa shape index (κ2) is 6.97. The van der Waals surface area contributed by atoms with Crippen molar-refractivity contribution >= 4 is 15.9 Å². The minimum atomic E-state index is -0.553. The van der Waals surface area contributed by atoms with Crippen molar-refractivity contribution in [2.45, 2.75) is 19.1 Å². The highest BCUT2D eigenvalue weighted by atomic mass is 79.9. The van der Waals surface area contributed by atoms with Gasteiger partial charge >= 0.3 is 0 Å². The normalized spacial score (nSPS) is 14.0. The standard InChI is InChI=1S/C16H17BrFNO/c1-11(13-7-8-15(18)14(17)9-13)19-10-16(20)12-5-3-2-4-6-12/h2-9,11,16,19-20H,10H2,1H3. The summed E-state index contributed by atoms with van der Waals surface area (Å²) in [5.41, 5.74) is 1.85. The van der Waals surface area contributed by atoms with Crippen LogP contribution in [0.25, 0.3) is 0 Å². The van der Waals surface area contributed by atoms with Crippen LogP contribution in [0.4, 0.5) is 4.39 Å². The number of rotatable bonds is 5. The molecule has 0 heterocycles. The minimum absolute atomic E-state index is 0.0327. The van der Waals surface area contributed by atoms with E-state index in [0.29, 0.717) is 11.0 Å². The molecule has 0 saturated carbocycles. The molecule has 0 aromatic heterocycles. The SMILES string of the molecule is CC(NCC(O)c1ccccc1)c1ccc(F)c(Br)c1. The van der Waals surface area contributed by atoms with Crippen molar-refractivity contribution in [3.63, 3.8) is 0 Å². The molecule has 20 heavy (non-hydrogen) atoms. The van der Waals surface area contributed by atoms with Crippen molar-refractivity contribution in [1.82, 2.24) is 5.32 Å². The lowest BCUT2D eigenvalue weighted by Gasteiger charge is -2.18. The number of hydrogen-bond acceptors (Lipinski definition) is 2. The van der Waals surface area contributed by atoms with Gasteiger partial charge < -0.3 is 10.4 Å². The molecule has 0 bridgehead atoms. The third-order valence-electron chi connectivity index (χ3n) is 3.25. The molecule has 2 nitrogen and oxygen atoms in total. The number of aliphatic hydroxyl groups excluding tert-OH is 1. The molecular formula is C16H17BrFNO. The second-order valence-electron chi connectivity index (χ2n) is 4.73. The zero-order valence-corrected chi connectivity index (χ0v) is 12.8. The van der Waals surface area contributed by atoms with Gasteiger partial charge in [0.2, 0.25) is 0 Å². The molecule has 0 aliphatic rings. The number of halogens is 2. The predicted molar refractivity (Wildman–Crippen MR) is 81.9 cm³/mol. The maximum Gasteiger partial charge on any atom is 0.137 e. The van der Waals surface area contributed by atoms with E-state index in [1.54, 1.807) is 12.1 Å². The van der Waals surface area contributed by atoms with Crippen LogP contribution in [0.1, 0.15) is 30.2 Å². The molecule has 2 aromatic carbocycles. The number of hydrogen-bond donors (Lipinski definition) is 2. The van der Waals surface area contributed by atoms with Gasteiger partial charge in [0.15, 0.2) is 0 Å². The van der Waals surface area contributed by atoms with Crippen LogP contribution in [0.15, 0.2) is 53.0 Å². The highest BCUT2D eigenvalue weighted by Crippen LogP contribution is 2.21. The van der Waals surface area contributed by atoms with Gasteiger partial charge in [-0.1, -0.05) is 36.4 Å².